The monoisotopic (exact) mass is 529 g/mol. The molecule has 1 aromatic rings. The second kappa shape index (κ2) is 12.8. The number of morpholine rings is 1. The summed E-state index contributed by atoms with van der Waals surface area (Å²) in [4.78, 5) is 9.52. The van der Waals surface area contributed by atoms with E-state index in [1.807, 2.05) is 7.05 Å². The van der Waals surface area contributed by atoms with Gasteiger partial charge in [0, 0.05) is 51.9 Å². The van der Waals surface area contributed by atoms with E-state index in [9.17, 15) is 0 Å². The Labute approximate surface area is 199 Å². The van der Waals surface area contributed by atoms with Gasteiger partial charge in [0.15, 0.2) is 5.96 Å². The van der Waals surface area contributed by atoms with Gasteiger partial charge in [-0.1, -0.05) is 30.3 Å². The minimum absolute atomic E-state index is 0. The van der Waals surface area contributed by atoms with Crippen LogP contribution in [0.5, 0.6) is 0 Å². The van der Waals surface area contributed by atoms with Crippen LogP contribution < -0.4 is 10.6 Å². The van der Waals surface area contributed by atoms with Gasteiger partial charge in [0.25, 0.3) is 0 Å². The maximum Gasteiger partial charge on any atom is 0.191 e. The molecule has 2 N–H and O–H groups in total. The average molecular weight is 530 g/mol. The number of rotatable bonds is 8. The molecular weight excluding hydrogens is 489 g/mol. The van der Waals surface area contributed by atoms with Crippen LogP contribution in [0.3, 0.4) is 0 Å². The van der Waals surface area contributed by atoms with Crippen LogP contribution in [0.1, 0.15) is 25.8 Å². The third kappa shape index (κ3) is 7.98. The Kier molecular flexibility index (Phi) is 10.8. The molecule has 0 aliphatic carbocycles. The minimum Gasteiger partial charge on any atom is -0.379 e. The van der Waals surface area contributed by atoms with Crippen molar-refractivity contribution < 1.29 is 4.74 Å². The first-order chi connectivity index (χ1) is 14.1. The number of hydrogen-bond acceptors (Lipinski definition) is 4. The largest absolute Gasteiger partial charge is 0.379 e. The first-order valence-corrected chi connectivity index (χ1v) is 11.1. The van der Waals surface area contributed by atoms with Crippen molar-refractivity contribution >= 4 is 29.9 Å². The fourth-order valence-electron chi connectivity index (χ4n) is 4.26. The van der Waals surface area contributed by atoms with Gasteiger partial charge < -0.3 is 20.3 Å². The lowest BCUT2D eigenvalue weighted by Gasteiger charge is -2.41. The summed E-state index contributed by atoms with van der Waals surface area (Å²) in [6.07, 6.45) is 2.40. The number of likely N-dealkylation sites (tertiary alicyclic amines) is 1. The lowest BCUT2D eigenvalue weighted by Crippen LogP contribution is -2.56. The molecule has 0 bridgehead atoms. The first-order valence-electron chi connectivity index (χ1n) is 11.1. The Morgan fingerprint density at radius 3 is 2.57 bits per heavy atom. The summed E-state index contributed by atoms with van der Waals surface area (Å²) in [5, 5.41) is 7.08. The van der Waals surface area contributed by atoms with Crippen LogP contribution in [-0.4, -0.2) is 87.4 Å². The summed E-state index contributed by atoms with van der Waals surface area (Å²) in [7, 11) is 1.86. The van der Waals surface area contributed by atoms with E-state index in [0.717, 1.165) is 58.3 Å². The van der Waals surface area contributed by atoms with Crippen LogP contribution in [0.2, 0.25) is 0 Å². The zero-order valence-corrected chi connectivity index (χ0v) is 21.2. The summed E-state index contributed by atoms with van der Waals surface area (Å²) in [6, 6.07) is 10.8. The fourth-order valence-corrected chi connectivity index (χ4v) is 4.26. The van der Waals surface area contributed by atoms with Crippen molar-refractivity contribution in [3.8, 4) is 0 Å². The van der Waals surface area contributed by atoms with Crippen molar-refractivity contribution in [1.29, 1.82) is 0 Å². The molecule has 2 fully saturated rings. The normalized spacial score (nSPS) is 21.3. The molecule has 7 heteroatoms. The minimum atomic E-state index is 0. The summed E-state index contributed by atoms with van der Waals surface area (Å²) in [6.45, 7) is 13.6. The van der Waals surface area contributed by atoms with Crippen molar-refractivity contribution in [2.24, 2.45) is 10.9 Å². The number of nitrogens with zero attached hydrogens (tertiary/aromatic N) is 3. The quantitative estimate of drug-likeness (QED) is 0.308. The zero-order chi connectivity index (χ0) is 20.5. The molecule has 3 rings (SSSR count). The standard InChI is InChI=1S/C23H39N5O.HI/c1-23(2,28-13-15-29-16-14-28)19-26-22(24-3)25-17-21-10-12-27(18-21)11-9-20-7-5-4-6-8-20;/h4-8,21H,9-19H2,1-3H3,(H2,24,25,26);1H. The van der Waals surface area contributed by atoms with Crippen LogP contribution in [0.4, 0.5) is 0 Å². The number of hydrogen-bond donors (Lipinski definition) is 2. The second-order valence-electron chi connectivity index (χ2n) is 8.91. The number of guanidine groups is 1. The topological polar surface area (TPSA) is 52.1 Å². The van der Waals surface area contributed by atoms with E-state index in [4.69, 9.17) is 4.74 Å². The zero-order valence-electron chi connectivity index (χ0n) is 18.9. The lowest BCUT2D eigenvalue weighted by molar-refractivity contribution is -0.00834. The molecule has 1 unspecified atom stereocenters. The number of benzene rings is 1. The SMILES string of the molecule is CN=C(NCC1CCN(CCc2ccccc2)C1)NCC(C)(C)N1CCOCC1.I. The second-order valence-corrected chi connectivity index (χ2v) is 8.91. The van der Waals surface area contributed by atoms with Gasteiger partial charge in [-0.05, 0) is 44.7 Å². The lowest BCUT2D eigenvalue weighted by atomic mass is 10.0. The predicted molar refractivity (Wildman–Crippen MR) is 136 cm³/mol. The van der Waals surface area contributed by atoms with Crippen molar-refractivity contribution in [3.05, 3.63) is 35.9 Å². The highest BCUT2D eigenvalue weighted by Gasteiger charge is 2.28. The summed E-state index contributed by atoms with van der Waals surface area (Å²) in [5.74, 6) is 1.60. The molecule has 1 atom stereocenters. The highest BCUT2D eigenvalue weighted by molar-refractivity contribution is 14.0. The molecule has 0 amide bonds. The van der Waals surface area contributed by atoms with Crippen LogP contribution in [0.25, 0.3) is 0 Å². The Bertz CT molecular complexity index is 634. The van der Waals surface area contributed by atoms with E-state index in [2.05, 4.69) is 69.6 Å². The molecule has 0 radical (unpaired) electrons. The number of aliphatic imine (C=N–C) groups is 1. The van der Waals surface area contributed by atoms with Crippen LogP contribution in [-0.2, 0) is 11.2 Å². The van der Waals surface area contributed by atoms with Gasteiger partial charge in [0.2, 0.25) is 0 Å². The van der Waals surface area contributed by atoms with E-state index in [1.165, 1.54) is 25.1 Å². The maximum absolute atomic E-state index is 5.49. The number of ether oxygens (including phenoxy) is 1. The molecule has 6 nitrogen and oxygen atoms in total. The smallest absolute Gasteiger partial charge is 0.191 e. The summed E-state index contributed by atoms with van der Waals surface area (Å²) >= 11 is 0. The Hall–Kier alpha value is -0.900. The molecule has 170 valence electrons. The van der Waals surface area contributed by atoms with Crippen molar-refractivity contribution in [3.63, 3.8) is 0 Å². The Morgan fingerprint density at radius 2 is 1.87 bits per heavy atom. The molecule has 30 heavy (non-hydrogen) atoms. The summed E-state index contributed by atoms with van der Waals surface area (Å²) < 4.78 is 5.49. The molecule has 2 aliphatic heterocycles. The highest BCUT2D eigenvalue weighted by atomic mass is 127. The number of halogens is 1. The molecule has 0 saturated carbocycles. The molecule has 0 spiro atoms. The Balaban J connectivity index is 0.00000320. The molecule has 2 heterocycles. The fraction of sp³-hybridized carbons (Fsp3) is 0.696. The first kappa shape index (κ1) is 25.4. The summed E-state index contributed by atoms with van der Waals surface area (Å²) in [5.41, 5.74) is 1.52. The predicted octanol–water partition coefficient (Wildman–Crippen LogP) is 2.44. The van der Waals surface area contributed by atoms with Gasteiger partial charge in [-0.2, -0.15) is 0 Å². The van der Waals surface area contributed by atoms with Crippen molar-refractivity contribution in [1.82, 2.24) is 20.4 Å². The van der Waals surface area contributed by atoms with E-state index in [-0.39, 0.29) is 29.5 Å². The molecule has 2 aliphatic rings. The Morgan fingerprint density at radius 1 is 1.13 bits per heavy atom. The van der Waals surface area contributed by atoms with Gasteiger partial charge in [-0.3, -0.25) is 9.89 Å². The molecular formula is C23H40IN5O. The van der Waals surface area contributed by atoms with Crippen LogP contribution in [0, 0.1) is 5.92 Å². The third-order valence-corrected chi connectivity index (χ3v) is 6.27. The van der Waals surface area contributed by atoms with E-state index >= 15 is 0 Å². The van der Waals surface area contributed by atoms with Gasteiger partial charge >= 0.3 is 0 Å². The van der Waals surface area contributed by atoms with Crippen LogP contribution in [0.15, 0.2) is 35.3 Å². The molecule has 2 saturated heterocycles. The van der Waals surface area contributed by atoms with Gasteiger partial charge in [0.05, 0.1) is 13.2 Å². The average Bonchev–Trinajstić information content (AvgIpc) is 3.21. The molecule has 1 aromatic carbocycles. The van der Waals surface area contributed by atoms with Crippen molar-refractivity contribution in [2.75, 3.05) is 66.1 Å². The third-order valence-electron chi connectivity index (χ3n) is 6.27. The maximum atomic E-state index is 5.49. The van der Waals surface area contributed by atoms with Crippen LogP contribution >= 0.6 is 24.0 Å². The van der Waals surface area contributed by atoms with E-state index in [1.54, 1.807) is 0 Å². The van der Waals surface area contributed by atoms with E-state index < -0.39 is 0 Å². The van der Waals surface area contributed by atoms with Gasteiger partial charge in [0.1, 0.15) is 0 Å². The van der Waals surface area contributed by atoms with Gasteiger partial charge in [-0.15, -0.1) is 24.0 Å². The number of nitrogens with one attached hydrogen (secondary N) is 2. The molecule has 0 aromatic heterocycles. The van der Waals surface area contributed by atoms with Crippen molar-refractivity contribution in [2.45, 2.75) is 32.2 Å². The highest BCUT2D eigenvalue weighted by Crippen LogP contribution is 2.17. The van der Waals surface area contributed by atoms with Gasteiger partial charge in [-0.25, -0.2) is 0 Å². The van der Waals surface area contributed by atoms with E-state index in [0.29, 0.717) is 5.92 Å².